The Balaban J connectivity index is 1.23. The molecule has 0 amide bonds. The maximum Gasteiger partial charge on any atom is 0.252 e. The largest absolute Gasteiger partial charge is 0.334 e. The van der Waals surface area contributed by atoms with Gasteiger partial charge in [-0.1, -0.05) is 209 Å². The standard InChI is InChI=1S/C71H84BN3/c1-65(2,3)47-26-31-52(32-27-47)73-61-45-53(75-59-37-30-49(67(7,8)9)41-55(59)70(16)38-22-19-23-39-71(70,75)17)33-35-57(61)72-56-34-28-50(68(10,11)12)42-60(56)74(63-44-51(69(13,14)15)43-62(73)64(63)72)58-36-29-48(66(4,5)6)40-54(58)46-24-20-18-21-25-46/h18,20-21,24-37,40-45H,19,22-23,38-39H2,1-17H3. The van der Waals surface area contributed by atoms with E-state index in [1.54, 1.807) is 0 Å². The second-order valence-corrected chi connectivity index (χ2v) is 28.7. The van der Waals surface area contributed by atoms with Gasteiger partial charge in [-0.25, -0.2) is 0 Å². The van der Waals surface area contributed by atoms with E-state index in [4.69, 9.17) is 0 Å². The second-order valence-electron chi connectivity index (χ2n) is 28.7. The highest BCUT2D eigenvalue weighted by Gasteiger charge is 2.57. The van der Waals surface area contributed by atoms with E-state index in [2.05, 4.69) is 272 Å². The number of nitrogens with zero attached hydrogens (tertiary/aromatic N) is 3. The lowest BCUT2D eigenvalue weighted by molar-refractivity contribution is 0.261. The van der Waals surface area contributed by atoms with Gasteiger partial charge in [0.05, 0.1) is 11.2 Å². The van der Waals surface area contributed by atoms with E-state index in [0.717, 1.165) is 6.42 Å². The van der Waals surface area contributed by atoms with Gasteiger partial charge in [0.25, 0.3) is 6.71 Å². The molecule has 0 spiro atoms. The number of anilines is 8. The molecule has 0 aromatic heterocycles. The first-order valence-corrected chi connectivity index (χ1v) is 28.4. The Kier molecular flexibility index (Phi) is 11.8. The molecule has 75 heavy (non-hydrogen) atoms. The number of hydrogen-bond donors (Lipinski definition) is 0. The average molecular weight is 990 g/mol. The SMILES string of the molecule is CC(C)(C)c1ccc(N2c3cc(N4c5ccc(C(C)(C)C)cc5C5(C)CCCCCC45C)ccc3B3c4ccc(C(C)(C)C)cc4N(c4ccc(C(C)(C)C)cc4-c4ccccc4)c4cc(C(C)(C)C)cc2c43)cc1. The van der Waals surface area contributed by atoms with Gasteiger partial charge in [-0.3, -0.25) is 0 Å². The van der Waals surface area contributed by atoms with Crippen LogP contribution >= 0.6 is 0 Å². The topological polar surface area (TPSA) is 9.72 Å². The number of hydrogen-bond acceptors (Lipinski definition) is 3. The molecule has 1 saturated carbocycles. The maximum atomic E-state index is 2.81. The fourth-order valence-electron chi connectivity index (χ4n) is 13.5. The van der Waals surface area contributed by atoms with E-state index in [-0.39, 0.29) is 44.7 Å². The zero-order valence-electron chi connectivity index (χ0n) is 48.7. The highest BCUT2D eigenvalue weighted by Crippen LogP contribution is 2.61. The first-order chi connectivity index (χ1) is 35.1. The predicted molar refractivity (Wildman–Crippen MR) is 327 cm³/mol. The molecule has 2 atom stereocenters. The van der Waals surface area contributed by atoms with E-state index in [0.29, 0.717) is 0 Å². The summed E-state index contributed by atoms with van der Waals surface area (Å²) in [5, 5.41) is 0. The second kappa shape index (κ2) is 17.3. The van der Waals surface area contributed by atoms with Crippen LogP contribution < -0.4 is 31.1 Å². The molecular formula is C71H84BN3. The molecule has 0 bridgehead atoms. The van der Waals surface area contributed by atoms with Crippen LogP contribution in [0.4, 0.5) is 45.5 Å². The van der Waals surface area contributed by atoms with Crippen molar-refractivity contribution < 1.29 is 0 Å². The molecule has 0 N–H and O–H groups in total. The number of fused-ring (bicyclic) bond motifs is 7. The Morgan fingerprint density at radius 2 is 0.867 bits per heavy atom. The Bertz CT molecular complexity index is 3360. The molecule has 7 aromatic carbocycles. The summed E-state index contributed by atoms with van der Waals surface area (Å²) in [6.45, 7) is 40.6. The summed E-state index contributed by atoms with van der Waals surface area (Å²) >= 11 is 0. The van der Waals surface area contributed by atoms with Crippen LogP contribution in [0.1, 0.15) is 183 Å². The van der Waals surface area contributed by atoms with E-state index >= 15 is 0 Å². The summed E-state index contributed by atoms with van der Waals surface area (Å²) in [6.07, 6.45) is 6.14. The fraction of sp³-hybridized carbons (Fsp3) is 0.408. The molecule has 3 aliphatic heterocycles. The fourth-order valence-corrected chi connectivity index (χ4v) is 13.5. The Hall–Kier alpha value is -6.00. The zero-order chi connectivity index (χ0) is 53.6. The minimum Gasteiger partial charge on any atom is -0.334 e. The van der Waals surface area contributed by atoms with Gasteiger partial charge in [-0.2, -0.15) is 0 Å². The molecule has 3 nitrogen and oxygen atoms in total. The Labute approximate surface area is 452 Å². The number of rotatable bonds is 4. The molecule has 7 aromatic rings. The third-order valence-electron chi connectivity index (χ3n) is 18.4. The van der Waals surface area contributed by atoms with Crippen molar-refractivity contribution in [2.45, 2.75) is 188 Å². The van der Waals surface area contributed by atoms with Gasteiger partial charge in [-0.05, 0) is 163 Å². The van der Waals surface area contributed by atoms with Gasteiger partial charge >= 0.3 is 0 Å². The quantitative estimate of drug-likeness (QED) is 0.163. The molecule has 386 valence electrons. The summed E-state index contributed by atoms with van der Waals surface area (Å²) in [4.78, 5) is 8.15. The van der Waals surface area contributed by atoms with Gasteiger partial charge in [0.15, 0.2) is 0 Å². The van der Waals surface area contributed by atoms with Crippen molar-refractivity contribution in [2.24, 2.45) is 0 Å². The molecular weight excluding hydrogens is 906 g/mol. The van der Waals surface area contributed by atoms with Crippen molar-refractivity contribution in [3.63, 3.8) is 0 Å². The minimum atomic E-state index is -0.147. The van der Waals surface area contributed by atoms with Crippen LogP contribution in [0.5, 0.6) is 0 Å². The number of benzene rings is 7. The Morgan fingerprint density at radius 3 is 1.48 bits per heavy atom. The van der Waals surface area contributed by atoms with Crippen LogP contribution in [0.15, 0.2) is 140 Å². The minimum absolute atomic E-state index is 0.00178. The summed E-state index contributed by atoms with van der Waals surface area (Å²) in [7, 11) is 0. The van der Waals surface area contributed by atoms with Gasteiger partial charge < -0.3 is 14.7 Å². The lowest BCUT2D eigenvalue weighted by Crippen LogP contribution is -2.61. The van der Waals surface area contributed by atoms with Crippen LogP contribution in [0, 0.1) is 0 Å². The summed E-state index contributed by atoms with van der Waals surface area (Å²) in [5.41, 5.74) is 24.7. The molecule has 1 fully saturated rings. The third kappa shape index (κ3) is 8.29. The van der Waals surface area contributed by atoms with Crippen molar-refractivity contribution in [3.05, 3.63) is 173 Å². The van der Waals surface area contributed by atoms with Crippen molar-refractivity contribution in [1.29, 1.82) is 0 Å². The average Bonchev–Trinajstić information content (AvgIpc) is 3.44. The first kappa shape index (κ1) is 51.1. The molecule has 0 radical (unpaired) electrons. The molecule has 3 heterocycles. The molecule has 1 aliphatic carbocycles. The van der Waals surface area contributed by atoms with Crippen LogP contribution in [0.25, 0.3) is 11.1 Å². The predicted octanol–water partition coefficient (Wildman–Crippen LogP) is 18.1. The van der Waals surface area contributed by atoms with Crippen LogP contribution in [0.2, 0.25) is 0 Å². The van der Waals surface area contributed by atoms with Crippen molar-refractivity contribution in [3.8, 4) is 11.1 Å². The smallest absolute Gasteiger partial charge is 0.252 e. The molecule has 0 saturated heterocycles. The lowest BCUT2D eigenvalue weighted by Gasteiger charge is -2.48. The Morgan fingerprint density at radius 1 is 0.387 bits per heavy atom. The highest BCUT2D eigenvalue weighted by molar-refractivity contribution is 7.00. The van der Waals surface area contributed by atoms with Gasteiger partial charge in [0.2, 0.25) is 0 Å². The molecule has 4 aliphatic rings. The van der Waals surface area contributed by atoms with Crippen LogP contribution in [-0.4, -0.2) is 12.3 Å². The van der Waals surface area contributed by atoms with Gasteiger partial charge in [0.1, 0.15) is 0 Å². The summed E-state index contributed by atoms with van der Waals surface area (Å²) in [6, 6.07) is 55.7. The first-order valence-electron chi connectivity index (χ1n) is 28.4. The lowest BCUT2D eigenvalue weighted by atomic mass is 9.33. The molecule has 11 rings (SSSR count). The maximum absolute atomic E-state index is 2.81. The van der Waals surface area contributed by atoms with E-state index < -0.39 is 0 Å². The van der Waals surface area contributed by atoms with Crippen LogP contribution in [-0.2, 0) is 32.5 Å². The van der Waals surface area contributed by atoms with E-state index in [9.17, 15) is 0 Å². The summed E-state index contributed by atoms with van der Waals surface area (Å²) < 4.78 is 0. The van der Waals surface area contributed by atoms with E-state index in [1.165, 1.54) is 132 Å². The monoisotopic (exact) mass is 990 g/mol. The van der Waals surface area contributed by atoms with Crippen molar-refractivity contribution >= 4 is 68.6 Å². The van der Waals surface area contributed by atoms with Gasteiger partial charge in [-0.15, -0.1) is 0 Å². The molecule has 4 heteroatoms. The normalized spacial score (nSPS) is 19.5. The third-order valence-corrected chi connectivity index (χ3v) is 18.4. The van der Waals surface area contributed by atoms with E-state index in [1.807, 2.05) is 0 Å². The van der Waals surface area contributed by atoms with Crippen LogP contribution in [0.3, 0.4) is 0 Å². The molecule has 2 unspecified atom stereocenters. The highest BCUT2D eigenvalue weighted by atomic mass is 15.3. The van der Waals surface area contributed by atoms with Crippen molar-refractivity contribution in [1.82, 2.24) is 0 Å². The van der Waals surface area contributed by atoms with Gasteiger partial charge in [0, 0.05) is 50.8 Å². The van der Waals surface area contributed by atoms with Crippen molar-refractivity contribution in [2.75, 3.05) is 14.7 Å². The zero-order valence-corrected chi connectivity index (χ0v) is 48.7. The summed E-state index contributed by atoms with van der Waals surface area (Å²) in [5.74, 6) is 0.